The Kier molecular flexibility index (Phi) is 5.47. The monoisotopic (exact) mass is 318 g/mol. The number of thioether (sulfide) groups is 1. The summed E-state index contributed by atoms with van der Waals surface area (Å²) in [4.78, 5) is 1.48. The molecular weight excluding hydrogens is 300 g/mol. The number of nitrogens with one attached hydrogen (secondary N) is 1. The number of nitrogens with two attached hydrogens (primary N) is 1. The van der Waals surface area contributed by atoms with Crippen molar-refractivity contribution in [3.05, 3.63) is 48.0 Å². The van der Waals surface area contributed by atoms with E-state index in [1.165, 1.54) is 0 Å². The molecule has 0 aliphatic carbocycles. The van der Waals surface area contributed by atoms with Crippen molar-refractivity contribution in [2.24, 2.45) is 5.73 Å². The van der Waals surface area contributed by atoms with Gasteiger partial charge in [0.05, 0.1) is 12.8 Å². The Balaban J connectivity index is 2.44. The molecule has 110 valence electrons. The lowest BCUT2D eigenvalue weighted by molar-refractivity contribution is 0.417. The number of thiocarbonyl (C=S) groups is 1. The van der Waals surface area contributed by atoms with E-state index in [1.54, 1.807) is 18.9 Å². The lowest BCUT2D eigenvalue weighted by atomic mass is 10.1. The number of methoxy groups -OCH3 is 1. The van der Waals surface area contributed by atoms with E-state index in [1.807, 2.05) is 42.5 Å². The third-order valence-electron chi connectivity index (χ3n) is 2.95. The molecule has 0 spiro atoms. The zero-order valence-electron chi connectivity index (χ0n) is 12.1. The maximum absolute atomic E-state index is 5.92. The van der Waals surface area contributed by atoms with Crippen LogP contribution in [0.2, 0.25) is 0 Å². The fourth-order valence-electron chi connectivity index (χ4n) is 2.06. The number of hydrogen-bond donors (Lipinski definition) is 2. The largest absolute Gasteiger partial charge is 0.495 e. The van der Waals surface area contributed by atoms with Gasteiger partial charge in [0.1, 0.15) is 10.7 Å². The zero-order chi connectivity index (χ0) is 15.2. The van der Waals surface area contributed by atoms with E-state index in [9.17, 15) is 0 Å². The average Bonchev–Trinajstić information content (AvgIpc) is 2.48. The van der Waals surface area contributed by atoms with Crippen LogP contribution in [0.25, 0.3) is 0 Å². The molecule has 3 N–H and O–H groups in total. The van der Waals surface area contributed by atoms with E-state index >= 15 is 0 Å². The fraction of sp³-hybridized carbons (Fsp3) is 0.188. The van der Waals surface area contributed by atoms with E-state index in [2.05, 4.69) is 12.2 Å². The summed E-state index contributed by atoms with van der Waals surface area (Å²) in [7, 11) is 1.65. The highest BCUT2D eigenvalue weighted by Crippen LogP contribution is 2.33. The van der Waals surface area contributed by atoms with Gasteiger partial charge in [0.15, 0.2) is 0 Å². The van der Waals surface area contributed by atoms with Gasteiger partial charge in [0.25, 0.3) is 0 Å². The summed E-state index contributed by atoms with van der Waals surface area (Å²) in [5.41, 5.74) is 8.58. The zero-order valence-corrected chi connectivity index (χ0v) is 13.7. The van der Waals surface area contributed by atoms with Crippen molar-refractivity contribution in [2.75, 3.05) is 18.2 Å². The fourth-order valence-corrected chi connectivity index (χ4v) is 3.19. The number of benzene rings is 2. The highest BCUT2D eigenvalue weighted by atomic mass is 32.2. The quantitative estimate of drug-likeness (QED) is 0.618. The van der Waals surface area contributed by atoms with E-state index < -0.39 is 0 Å². The van der Waals surface area contributed by atoms with Crippen molar-refractivity contribution in [2.45, 2.75) is 11.8 Å². The van der Waals surface area contributed by atoms with Crippen LogP contribution in [0.15, 0.2) is 47.4 Å². The summed E-state index contributed by atoms with van der Waals surface area (Å²) in [5, 5.41) is 3.37. The Morgan fingerprint density at radius 2 is 1.90 bits per heavy atom. The molecule has 2 rings (SSSR count). The van der Waals surface area contributed by atoms with Crippen LogP contribution in [0.1, 0.15) is 12.5 Å². The second-order valence-electron chi connectivity index (χ2n) is 4.30. The van der Waals surface area contributed by atoms with Gasteiger partial charge in [-0.25, -0.2) is 0 Å². The lowest BCUT2D eigenvalue weighted by Gasteiger charge is -2.16. The van der Waals surface area contributed by atoms with Crippen LogP contribution in [-0.2, 0) is 0 Å². The molecule has 0 saturated heterocycles. The molecule has 0 unspecified atom stereocenters. The van der Waals surface area contributed by atoms with Crippen molar-refractivity contribution in [3.8, 4) is 5.75 Å². The molecular formula is C16H18N2OS2. The first kappa shape index (κ1) is 15.7. The SMILES string of the molecule is CCSc1cccc(Nc2ccccc2OC)c1C(N)=S. The van der Waals surface area contributed by atoms with Gasteiger partial charge in [0.2, 0.25) is 0 Å². The normalized spacial score (nSPS) is 10.2. The van der Waals surface area contributed by atoms with Gasteiger partial charge in [-0.15, -0.1) is 11.8 Å². The molecule has 3 nitrogen and oxygen atoms in total. The summed E-state index contributed by atoms with van der Waals surface area (Å²) >= 11 is 6.95. The first-order chi connectivity index (χ1) is 10.2. The highest BCUT2D eigenvalue weighted by molar-refractivity contribution is 7.99. The number of anilines is 2. The molecule has 0 heterocycles. The third-order valence-corrected chi connectivity index (χ3v) is 4.09. The molecule has 5 heteroatoms. The molecule has 0 fully saturated rings. The smallest absolute Gasteiger partial charge is 0.142 e. The van der Waals surface area contributed by atoms with E-state index in [0.29, 0.717) is 4.99 Å². The second kappa shape index (κ2) is 7.33. The predicted octanol–water partition coefficient (Wildman–Crippen LogP) is 4.19. The van der Waals surface area contributed by atoms with Crippen LogP contribution in [0, 0.1) is 0 Å². The van der Waals surface area contributed by atoms with Gasteiger partial charge in [-0.1, -0.05) is 37.3 Å². The summed E-state index contributed by atoms with van der Waals surface area (Å²) in [6, 6.07) is 13.8. The maximum atomic E-state index is 5.92. The van der Waals surface area contributed by atoms with Gasteiger partial charge in [-0.3, -0.25) is 0 Å². The molecule has 0 saturated carbocycles. The van der Waals surface area contributed by atoms with Crippen molar-refractivity contribution < 1.29 is 4.74 Å². The lowest BCUT2D eigenvalue weighted by Crippen LogP contribution is -2.13. The molecule has 0 aliphatic rings. The molecule has 2 aromatic carbocycles. The molecule has 2 aromatic rings. The molecule has 21 heavy (non-hydrogen) atoms. The standard InChI is InChI=1S/C16H18N2OS2/c1-3-21-14-10-6-8-12(15(14)16(17)20)18-11-7-4-5-9-13(11)19-2/h4-10,18H,3H2,1-2H3,(H2,17,20). The van der Waals surface area contributed by atoms with Gasteiger partial charge in [-0.2, -0.15) is 0 Å². The Labute approximate surface area is 134 Å². The number of ether oxygens (including phenoxy) is 1. The highest BCUT2D eigenvalue weighted by Gasteiger charge is 2.12. The molecule has 0 aliphatic heterocycles. The maximum Gasteiger partial charge on any atom is 0.142 e. The first-order valence-electron chi connectivity index (χ1n) is 6.63. The minimum absolute atomic E-state index is 0.393. The van der Waals surface area contributed by atoms with Crippen molar-refractivity contribution in [1.29, 1.82) is 0 Å². The Hall–Kier alpha value is -1.72. The molecule has 0 atom stereocenters. The van der Waals surface area contributed by atoms with Gasteiger partial charge in [0, 0.05) is 16.1 Å². The molecule has 0 bridgehead atoms. The molecule has 0 aromatic heterocycles. The van der Waals surface area contributed by atoms with Gasteiger partial charge >= 0.3 is 0 Å². The van der Waals surface area contributed by atoms with Crippen LogP contribution >= 0.6 is 24.0 Å². The summed E-state index contributed by atoms with van der Waals surface area (Å²) in [5.74, 6) is 1.74. The van der Waals surface area contributed by atoms with E-state index in [-0.39, 0.29) is 0 Å². The van der Waals surface area contributed by atoms with Crippen LogP contribution in [0.3, 0.4) is 0 Å². The topological polar surface area (TPSA) is 47.3 Å². The van der Waals surface area contributed by atoms with E-state index in [4.69, 9.17) is 22.7 Å². The van der Waals surface area contributed by atoms with E-state index in [0.717, 1.165) is 33.3 Å². The number of para-hydroxylation sites is 2. The van der Waals surface area contributed by atoms with Gasteiger partial charge in [-0.05, 0) is 30.0 Å². The van der Waals surface area contributed by atoms with Crippen molar-refractivity contribution in [1.82, 2.24) is 0 Å². The predicted molar refractivity (Wildman–Crippen MR) is 95.0 cm³/mol. The number of hydrogen-bond acceptors (Lipinski definition) is 4. The summed E-state index contributed by atoms with van der Waals surface area (Å²) < 4.78 is 5.36. The van der Waals surface area contributed by atoms with Crippen LogP contribution < -0.4 is 15.8 Å². The van der Waals surface area contributed by atoms with Crippen molar-refractivity contribution >= 4 is 40.3 Å². The van der Waals surface area contributed by atoms with Gasteiger partial charge < -0.3 is 15.8 Å². The number of rotatable bonds is 6. The first-order valence-corrected chi connectivity index (χ1v) is 8.02. The average molecular weight is 318 g/mol. The summed E-state index contributed by atoms with van der Waals surface area (Å²) in [6.07, 6.45) is 0. The Bertz CT molecular complexity index is 644. The molecule has 0 amide bonds. The van der Waals surface area contributed by atoms with Crippen molar-refractivity contribution in [3.63, 3.8) is 0 Å². The van der Waals surface area contributed by atoms with Crippen LogP contribution in [0.5, 0.6) is 5.75 Å². The second-order valence-corrected chi connectivity index (χ2v) is 6.05. The molecule has 0 radical (unpaired) electrons. The summed E-state index contributed by atoms with van der Waals surface area (Å²) in [6.45, 7) is 2.11. The minimum atomic E-state index is 0.393. The Morgan fingerprint density at radius 3 is 2.57 bits per heavy atom. The Morgan fingerprint density at radius 1 is 1.19 bits per heavy atom. The minimum Gasteiger partial charge on any atom is -0.495 e. The van der Waals surface area contributed by atoms with Crippen LogP contribution in [-0.4, -0.2) is 17.9 Å². The van der Waals surface area contributed by atoms with Crippen LogP contribution in [0.4, 0.5) is 11.4 Å². The third kappa shape index (κ3) is 3.68.